The van der Waals surface area contributed by atoms with Gasteiger partial charge in [0.05, 0.1) is 12.6 Å². The Morgan fingerprint density at radius 2 is 2.52 bits per heavy atom. The number of amides is 1. The molecule has 0 saturated carbocycles. The normalized spacial score (nSPS) is 29.0. The molecule has 114 valence electrons. The molecule has 0 N–H and O–H groups in total. The number of ether oxygens (including phenoxy) is 2. The molecule has 21 heavy (non-hydrogen) atoms. The maximum absolute atomic E-state index is 12.5. The van der Waals surface area contributed by atoms with Gasteiger partial charge in [0.1, 0.15) is 12.2 Å². The van der Waals surface area contributed by atoms with Crippen molar-refractivity contribution in [1.29, 1.82) is 0 Å². The summed E-state index contributed by atoms with van der Waals surface area (Å²) in [6.07, 6.45) is 5.63. The molecule has 0 spiro atoms. The third-order valence-corrected chi connectivity index (χ3v) is 4.91. The lowest BCUT2D eigenvalue weighted by Gasteiger charge is -2.31. The average molecular weight is 307 g/mol. The summed E-state index contributed by atoms with van der Waals surface area (Å²) in [5, 5.41) is 2.01. The third kappa shape index (κ3) is 3.20. The summed E-state index contributed by atoms with van der Waals surface area (Å²) >= 11 is 1.63. The largest absolute Gasteiger partial charge is 0.374 e. The lowest BCUT2D eigenvalue weighted by atomic mass is 10.0. The fourth-order valence-corrected chi connectivity index (χ4v) is 3.78. The highest BCUT2D eigenvalue weighted by molar-refractivity contribution is 7.10. The fraction of sp³-hybridized carbons (Fsp3) is 0.562. The van der Waals surface area contributed by atoms with Crippen LogP contribution in [0.4, 0.5) is 0 Å². The van der Waals surface area contributed by atoms with E-state index in [0.717, 1.165) is 24.3 Å². The first-order chi connectivity index (χ1) is 10.3. The number of hydrogen-bond donors (Lipinski definition) is 0. The Hall–Kier alpha value is -1.17. The topological polar surface area (TPSA) is 38.8 Å². The van der Waals surface area contributed by atoms with E-state index in [-0.39, 0.29) is 24.2 Å². The first-order valence-corrected chi connectivity index (χ1v) is 8.43. The second-order valence-electron chi connectivity index (χ2n) is 5.38. The average Bonchev–Trinajstić information content (AvgIpc) is 3.14. The summed E-state index contributed by atoms with van der Waals surface area (Å²) in [7, 11) is 0. The Morgan fingerprint density at radius 1 is 1.62 bits per heavy atom. The molecule has 3 rings (SSSR count). The van der Waals surface area contributed by atoms with Crippen molar-refractivity contribution in [2.24, 2.45) is 0 Å². The zero-order valence-corrected chi connectivity index (χ0v) is 13.1. The summed E-state index contributed by atoms with van der Waals surface area (Å²) in [6.45, 7) is 4.05. The highest BCUT2D eigenvalue weighted by Crippen LogP contribution is 2.31. The Labute approximate surface area is 129 Å². The van der Waals surface area contributed by atoms with E-state index in [2.05, 4.69) is 0 Å². The molecule has 2 aliphatic heterocycles. The third-order valence-electron chi connectivity index (χ3n) is 4.07. The fourth-order valence-electron chi connectivity index (χ4n) is 3.16. The Bertz CT molecular complexity index is 500. The minimum atomic E-state index is 0.0133. The molecular formula is C16H21NO3S. The molecule has 0 aromatic carbocycles. The smallest absolute Gasteiger partial charge is 0.247 e. The number of fused-ring (bicyclic) bond motifs is 1. The maximum atomic E-state index is 12.5. The van der Waals surface area contributed by atoms with Gasteiger partial charge in [0.15, 0.2) is 0 Å². The molecule has 4 nitrogen and oxygen atoms in total. The van der Waals surface area contributed by atoms with E-state index < -0.39 is 0 Å². The lowest BCUT2D eigenvalue weighted by molar-refractivity contribution is -0.129. The van der Waals surface area contributed by atoms with Crippen LogP contribution in [0.1, 0.15) is 24.6 Å². The van der Waals surface area contributed by atoms with Gasteiger partial charge in [-0.15, -0.1) is 11.3 Å². The molecule has 0 bridgehead atoms. The van der Waals surface area contributed by atoms with Gasteiger partial charge in [0.25, 0.3) is 0 Å². The molecule has 1 aromatic heterocycles. The van der Waals surface area contributed by atoms with Crippen molar-refractivity contribution in [2.45, 2.75) is 38.0 Å². The van der Waals surface area contributed by atoms with Gasteiger partial charge in [-0.25, -0.2) is 0 Å². The number of nitrogens with zero attached hydrogens (tertiary/aromatic N) is 1. The molecule has 0 unspecified atom stereocenters. The zero-order chi connectivity index (χ0) is 14.7. The van der Waals surface area contributed by atoms with E-state index >= 15 is 0 Å². The summed E-state index contributed by atoms with van der Waals surface area (Å²) < 4.78 is 11.6. The maximum Gasteiger partial charge on any atom is 0.247 e. The summed E-state index contributed by atoms with van der Waals surface area (Å²) in [5.41, 5.74) is 0. The molecule has 2 fully saturated rings. The van der Waals surface area contributed by atoms with Crippen LogP contribution in [0.25, 0.3) is 6.08 Å². The quantitative estimate of drug-likeness (QED) is 0.803. The Balaban J connectivity index is 1.70. The molecule has 1 amide bonds. The molecular weight excluding hydrogens is 286 g/mol. The molecule has 5 heteroatoms. The van der Waals surface area contributed by atoms with Crippen molar-refractivity contribution >= 4 is 23.3 Å². The van der Waals surface area contributed by atoms with Gasteiger partial charge in [0.2, 0.25) is 5.91 Å². The van der Waals surface area contributed by atoms with Gasteiger partial charge < -0.3 is 14.4 Å². The van der Waals surface area contributed by atoms with Crippen molar-refractivity contribution in [1.82, 2.24) is 4.90 Å². The van der Waals surface area contributed by atoms with Crippen LogP contribution in [0.3, 0.4) is 0 Å². The van der Waals surface area contributed by atoms with Crippen LogP contribution in [0.2, 0.25) is 0 Å². The molecule has 2 saturated heterocycles. The lowest BCUT2D eigenvalue weighted by Crippen LogP contribution is -2.43. The SMILES string of the molecule is CCO[C@H]1CN(C(=O)/C=C/c2cccs2)[C@@H]2CCCO[C@H]12. The Morgan fingerprint density at radius 3 is 3.29 bits per heavy atom. The van der Waals surface area contributed by atoms with E-state index in [4.69, 9.17) is 9.47 Å². The predicted molar refractivity (Wildman–Crippen MR) is 83.2 cm³/mol. The van der Waals surface area contributed by atoms with Gasteiger partial charge in [-0.2, -0.15) is 0 Å². The molecule has 0 radical (unpaired) electrons. The van der Waals surface area contributed by atoms with Crippen molar-refractivity contribution in [3.63, 3.8) is 0 Å². The molecule has 0 aliphatic carbocycles. The van der Waals surface area contributed by atoms with Crippen LogP contribution in [0, 0.1) is 0 Å². The first kappa shape index (κ1) is 14.8. The van der Waals surface area contributed by atoms with Crippen molar-refractivity contribution in [2.75, 3.05) is 19.8 Å². The summed E-state index contributed by atoms with van der Waals surface area (Å²) in [5.74, 6) is 0.0612. The number of carbonyl (C=O) groups excluding carboxylic acids is 1. The van der Waals surface area contributed by atoms with Crippen LogP contribution >= 0.6 is 11.3 Å². The second-order valence-corrected chi connectivity index (χ2v) is 6.36. The highest BCUT2D eigenvalue weighted by atomic mass is 32.1. The van der Waals surface area contributed by atoms with Crippen molar-refractivity contribution in [3.05, 3.63) is 28.5 Å². The first-order valence-electron chi connectivity index (χ1n) is 7.55. The van der Waals surface area contributed by atoms with E-state index in [1.165, 1.54) is 0 Å². The predicted octanol–water partition coefficient (Wildman–Crippen LogP) is 2.56. The number of thiophene rings is 1. The molecule has 2 aliphatic rings. The van der Waals surface area contributed by atoms with Crippen LogP contribution in [0.5, 0.6) is 0 Å². The van der Waals surface area contributed by atoms with Gasteiger partial charge in [-0.3, -0.25) is 4.79 Å². The number of carbonyl (C=O) groups is 1. The van der Waals surface area contributed by atoms with Crippen molar-refractivity contribution < 1.29 is 14.3 Å². The van der Waals surface area contributed by atoms with Crippen LogP contribution in [-0.2, 0) is 14.3 Å². The van der Waals surface area contributed by atoms with E-state index in [1.54, 1.807) is 17.4 Å². The number of hydrogen-bond acceptors (Lipinski definition) is 4. The Kier molecular flexibility index (Phi) is 4.73. The molecule has 1 aromatic rings. The van der Waals surface area contributed by atoms with Gasteiger partial charge >= 0.3 is 0 Å². The molecule has 3 heterocycles. The second kappa shape index (κ2) is 6.73. The standard InChI is InChI=1S/C16H21NO3S/c1-2-19-14-11-17(13-6-3-9-20-16(13)14)15(18)8-7-12-5-4-10-21-12/h4-5,7-8,10,13-14,16H,2-3,6,9,11H2,1H3/b8-7+/t13-,14+,16+/m1/s1. The van der Waals surface area contributed by atoms with Crippen LogP contribution in [0.15, 0.2) is 23.6 Å². The zero-order valence-electron chi connectivity index (χ0n) is 12.2. The molecule has 3 atom stereocenters. The highest BCUT2D eigenvalue weighted by Gasteiger charge is 2.45. The van der Waals surface area contributed by atoms with Crippen molar-refractivity contribution in [3.8, 4) is 0 Å². The van der Waals surface area contributed by atoms with Crippen LogP contribution in [-0.4, -0.2) is 48.8 Å². The summed E-state index contributed by atoms with van der Waals surface area (Å²) in [4.78, 5) is 15.5. The van der Waals surface area contributed by atoms with Crippen LogP contribution < -0.4 is 0 Å². The van der Waals surface area contributed by atoms with Gasteiger partial charge in [-0.05, 0) is 37.3 Å². The van der Waals surface area contributed by atoms with Gasteiger partial charge in [0, 0.05) is 24.2 Å². The summed E-state index contributed by atoms with van der Waals surface area (Å²) in [6, 6.07) is 4.16. The minimum absolute atomic E-state index is 0.0133. The van der Waals surface area contributed by atoms with E-state index in [0.29, 0.717) is 13.2 Å². The number of rotatable bonds is 4. The van der Waals surface area contributed by atoms with E-state index in [1.807, 2.05) is 35.4 Å². The minimum Gasteiger partial charge on any atom is -0.374 e. The van der Waals surface area contributed by atoms with E-state index in [9.17, 15) is 4.79 Å². The number of likely N-dealkylation sites (tertiary alicyclic amines) is 1. The van der Waals surface area contributed by atoms with Gasteiger partial charge in [-0.1, -0.05) is 6.07 Å². The monoisotopic (exact) mass is 307 g/mol.